The number of nitriles is 1. The van der Waals surface area contributed by atoms with Gasteiger partial charge in [0.25, 0.3) is 11.7 Å². The van der Waals surface area contributed by atoms with Crippen molar-refractivity contribution < 1.29 is 13.6 Å². The summed E-state index contributed by atoms with van der Waals surface area (Å²) < 4.78 is 24.5. The van der Waals surface area contributed by atoms with Crippen LogP contribution in [0.2, 0.25) is 0 Å². The van der Waals surface area contributed by atoms with Gasteiger partial charge in [-0.3, -0.25) is 4.79 Å². The zero-order valence-electron chi connectivity index (χ0n) is 12.8. The molecule has 2 aromatic carbocycles. The van der Waals surface area contributed by atoms with Gasteiger partial charge < -0.3 is 5.32 Å². The lowest BCUT2D eigenvalue weighted by molar-refractivity contribution is -0.112. The average molecular weight is 344 g/mol. The van der Waals surface area contributed by atoms with E-state index in [1.165, 1.54) is 30.3 Å². The molecule has 3 nitrogen and oxygen atoms in total. The van der Waals surface area contributed by atoms with E-state index in [0.29, 0.717) is 22.3 Å². The van der Waals surface area contributed by atoms with Crippen LogP contribution >= 0.6 is 11.8 Å². The number of alkyl halides is 2. The molecule has 0 aromatic heterocycles. The van der Waals surface area contributed by atoms with Crippen LogP contribution in [0.15, 0.2) is 59.0 Å². The summed E-state index contributed by atoms with van der Waals surface area (Å²) in [5, 5.41) is 11.7. The highest BCUT2D eigenvalue weighted by Crippen LogP contribution is 2.26. The van der Waals surface area contributed by atoms with Crippen LogP contribution in [0.25, 0.3) is 6.08 Å². The number of hydrogen-bond acceptors (Lipinski definition) is 3. The molecule has 6 heteroatoms. The standard InChI is InChI=1S/C18H14F2N2OS/c1-12-2-4-13(5-3-12)10-14(11-21)17(23)22-15-6-8-16(9-7-15)24-18(19)20/h2-10,18H,1H3,(H,22,23)/b14-10-. The van der Waals surface area contributed by atoms with E-state index in [4.69, 9.17) is 5.26 Å². The van der Waals surface area contributed by atoms with Crippen molar-refractivity contribution in [1.82, 2.24) is 0 Å². The molecule has 0 aliphatic rings. The molecule has 122 valence electrons. The van der Waals surface area contributed by atoms with E-state index in [-0.39, 0.29) is 5.57 Å². The summed E-state index contributed by atoms with van der Waals surface area (Å²) in [7, 11) is 0. The van der Waals surface area contributed by atoms with E-state index in [1.54, 1.807) is 0 Å². The van der Waals surface area contributed by atoms with Gasteiger partial charge in [0.2, 0.25) is 0 Å². The number of rotatable bonds is 5. The van der Waals surface area contributed by atoms with Gasteiger partial charge in [-0.2, -0.15) is 14.0 Å². The fraction of sp³-hybridized carbons (Fsp3) is 0.111. The molecule has 0 bridgehead atoms. The van der Waals surface area contributed by atoms with Crippen molar-refractivity contribution in [1.29, 1.82) is 5.26 Å². The van der Waals surface area contributed by atoms with Gasteiger partial charge in [0.1, 0.15) is 11.6 Å². The first-order valence-electron chi connectivity index (χ1n) is 7.02. The number of thioether (sulfide) groups is 1. The Balaban J connectivity index is 2.09. The van der Waals surface area contributed by atoms with E-state index >= 15 is 0 Å². The van der Waals surface area contributed by atoms with E-state index in [1.807, 2.05) is 37.3 Å². The zero-order chi connectivity index (χ0) is 17.5. The molecule has 0 saturated carbocycles. The summed E-state index contributed by atoms with van der Waals surface area (Å²) in [6.45, 7) is 1.95. The first kappa shape index (κ1) is 17.7. The van der Waals surface area contributed by atoms with Crippen LogP contribution in [0.1, 0.15) is 11.1 Å². The number of benzene rings is 2. The zero-order valence-corrected chi connectivity index (χ0v) is 13.6. The van der Waals surface area contributed by atoms with E-state index < -0.39 is 11.7 Å². The highest BCUT2D eigenvalue weighted by Gasteiger charge is 2.10. The van der Waals surface area contributed by atoms with Crippen LogP contribution in [-0.4, -0.2) is 11.7 Å². The van der Waals surface area contributed by atoms with Crippen molar-refractivity contribution in [2.24, 2.45) is 0 Å². The van der Waals surface area contributed by atoms with Crippen LogP contribution in [0.5, 0.6) is 0 Å². The van der Waals surface area contributed by atoms with Crippen molar-refractivity contribution >= 4 is 29.4 Å². The Bertz CT molecular complexity index is 778. The highest BCUT2D eigenvalue weighted by atomic mass is 32.2. The number of halogens is 2. The van der Waals surface area contributed by atoms with Crippen LogP contribution in [0.4, 0.5) is 14.5 Å². The topological polar surface area (TPSA) is 52.9 Å². The predicted molar refractivity (Wildman–Crippen MR) is 91.7 cm³/mol. The summed E-state index contributed by atoms with van der Waals surface area (Å²) >= 11 is 0.430. The molecule has 0 aliphatic carbocycles. The van der Waals surface area contributed by atoms with Crippen LogP contribution < -0.4 is 5.32 Å². The first-order chi connectivity index (χ1) is 11.5. The molecule has 0 unspecified atom stereocenters. The maximum Gasteiger partial charge on any atom is 0.288 e. The Hall–Kier alpha value is -2.65. The Morgan fingerprint density at radius 1 is 1.17 bits per heavy atom. The van der Waals surface area contributed by atoms with Crippen molar-refractivity contribution in [3.8, 4) is 6.07 Å². The molecule has 0 saturated heterocycles. The fourth-order valence-corrected chi connectivity index (χ4v) is 2.40. The summed E-state index contributed by atoms with van der Waals surface area (Å²) in [6.07, 6.45) is 1.50. The largest absolute Gasteiger partial charge is 0.321 e. The number of nitrogens with one attached hydrogen (secondary N) is 1. The molecule has 0 fully saturated rings. The number of nitrogens with zero attached hydrogens (tertiary/aromatic N) is 1. The lowest BCUT2D eigenvalue weighted by atomic mass is 10.1. The second-order valence-electron chi connectivity index (χ2n) is 4.94. The summed E-state index contributed by atoms with van der Waals surface area (Å²) in [5.74, 6) is -3.04. The monoisotopic (exact) mass is 344 g/mol. The molecular weight excluding hydrogens is 330 g/mol. The second kappa shape index (κ2) is 8.27. The minimum Gasteiger partial charge on any atom is -0.321 e. The minimum atomic E-state index is -2.49. The lowest BCUT2D eigenvalue weighted by Gasteiger charge is -2.06. The van der Waals surface area contributed by atoms with Gasteiger partial charge in [0.15, 0.2) is 0 Å². The highest BCUT2D eigenvalue weighted by molar-refractivity contribution is 7.99. The SMILES string of the molecule is Cc1ccc(/C=C(/C#N)C(=O)Nc2ccc(SC(F)F)cc2)cc1. The van der Waals surface area contributed by atoms with Crippen LogP contribution in [0.3, 0.4) is 0 Å². The summed E-state index contributed by atoms with van der Waals surface area (Å²) in [6, 6.07) is 15.3. The molecule has 2 aromatic rings. The Morgan fingerprint density at radius 3 is 2.33 bits per heavy atom. The van der Waals surface area contributed by atoms with Crippen molar-refractivity contribution in [2.45, 2.75) is 17.6 Å². The van der Waals surface area contributed by atoms with Crippen molar-refractivity contribution in [3.05, 3.63) is 65.2 Å². The van der Waals surface area contributed by atoms with Crippen molar-refractivity contribution in [2.75, 3.05) is 5.32 Å². The molecule has 0 heterocycles. The van der Waals surface area contributed by atoms with Crippen molar-refractivity contribution in [3.63, 3.8) is 0 Å². The molecule has 0 aliphatic heterocycles. The first-order valence-corrected chi connectivity index (χ1v) is 7.90. The third-order valence-corrected chi connectivity index (χ3v) is 3.81. The molecule has 0 spiro atoms. The van der Waals surface area contributed by atoms with E-state index in [9.17, 15) is 13.6 Å². The van der Waals surface area contributed by atoms with Crippen LogP contribution in [-0.2, 0) is 4.79 Å². The normalized spacial score (nSPS) is 11.2. The molecular formula is C18H14F2N2OS. The number of hydrogen-bond donors (Lipinski definition) is 1. The van der Waals surface area contributed by atoms with Crippen LogP contribution in [0, 0.1) is 18.3 Å². The van der Waals surface area contributed by atoms with Gasteiger partial charge in [0.05, 0.1) is 0 Å². The van der Waals surface area contributed by atoms with E-state index in [2.05, 4.69) is 5.32 Å². The number of anilines is 1. The number of amides is 1. The third kappa shape index (κ3) is 5.21. The molecule has 1 N–H and O–H groups in total. The Morgan fingerprint density at radius 2 is 1.79 bits per heavy atom. The molecule has 1 amide bonds. The smallest absolute Gasteiger partial charge is 0.288 e. The summed E-state index contributed by atoms with van der Waals surface area (Å²) in [5.41, 5.74) is 2.22. The maximum absolute atomic E-state index is 12.3. The predicted octanol–water partition coefficient (Wildman–Crippen LogP) is 4.86. The molecule has 0 radical (unpaired) electrons. The number of carbonyl (C=O) groups excluding carboxylic acids is 1. The lowest BCUT2D eigenvalue weighted by Crippen LogP contribution is -2.13. The summed E-state index contributed by atoms with van der Waals surface area (Å²) in [4.78, 5) is 12.6. The Labute approximate surface area is 143 Å². The van der Waals surface area contributed by atoms with Gasteiger partial charge in [-0.05, 0) is 42.8 Å². The molecule has 0 atom stereocenters. The Kier molecular flexibility index (Phi) is 6.10. The van der Waals surface area contributed by atoms with Gasteiger partial charge in [-0.25, -0.2) is 0 Å². The van der Waals surface area contributed by atoms with Gasteiger partial charge in [-0.1, -0.05) is 41.6 Å². The molecule has 2 rings (SSSR count). The third-order valence-electron chi connectivity index (χ3n) is 3.09. The van der Waals surface area contributed by atoms with Gasteiger partial charge in [0, 0.05) is 10.6 Å². The minimum absolute atomic E-state index is 0.0371. The second-order valence-corrected chi connectivity index (χ2v) is 6.00. The number of carbonyl (C=O) groups is 1. The quantitative estimate of drug-likeness (QED) is 0.479. The fourth-order valence-electron chi connectivity index (χ4n) is 1.90. The van der Waals surface area contributed by atoms with Gasteiger partial charge in [-0.15, -0.1) is 0 Å². The van der Waals surface area contributed by atoms with E-state index in [0.717, 1.165) is 11.1 Å². The molecule has 24 heavy (non-hydrogen) atoms. The maximum atomic E-state index is 12.3. The number of aryl methyl sites for hydroxylation is 1. The average Bonchev–Trinajstić information content (AvgIpc) is 2.55. The van der Waals surface area contributed by atoms with Gasteiger partial charge >= 0.3 is 0 Å².